The van der Waals surface area contributed by atoms with E-state index in [2.05, 4.69) is 53.9 Å². The van der Waals surface area contributed by atoms with E-state index >= 15 is 0 Å². The molecular weight excluding hydrogens is 471 g/mol. The van der Waals surface area contributed by atoms with Crippen LogP contribution in [0.5, 0.6) is 5.75 Å². The van der Waals surface area contributed by atoms with Gasteiger partial charge in [0, 0.05) is 14.5 Å². The number of hydrogen-bond donors (Lipinski definition) is 0. The molecule has 106 valence electrons. The third kappa shape index (κ3) is 3.41. The fourth-order valence-electron chi connectivity index (χ4n) is 1.89. The standard InChI is InChI=1S/C15H12Br3ClO/c1-8-5-14(20-2)10(7-12(8)17)15(18)9-3-4-11(16)13(19)6-9/h3-7,15H,1-2H3. The maximum absolute atomic E-state index is 6.17. The summed E-state index contributed by atoms with van der Waals surface area (Å²) in [6, 6.07) is 10.0. The van der Waals surface area contributed by atoms with Crippen molar-refractivity contribution in [2.75, 3.05) is 7.11 Å². The molecule has 1 nitrogen and oxygen atoms in total. The molecule has 0 bridgehead atoms. The first-order valence-corrected chi connectivity index (χ1v) is 8.75. The minimum absolute atomic E-state index is 0.0138. The van der Waals surface area contributed by atoms with Gasteiger partial charge in [-0.1, -0.05) is 49.5 Å². The number of rotatable bonds is 3. The van der Waals surface area contributed by atoms with Crippen LogP contribution < -0.4 is 4.74 Å². The van der Waals surface area contributed by atoms with Crippen molar-refractivity contribution in [2.24, 2.45) is 0 Å². The predicted molar refractivity (Wildman–Crippen MR) is 95.4 cm³/mol. The van der Waals surface area contributed by atoms with E-state index in [0.29, 0.717) is 5.02 Å². The zero-order valence-electron chi connectivity index (χ0n) is 10.9. The molecule has 0 heterocycles. The van der Waals surface area contributed by atoms with Gasteiger partial charge in [0.25, 0.3) is 0 Å². The van der Waals surface area contributed by atoms with Crippen molar-refractivity contribution in [2.45, 2.75) is 11.8 Å². The molecule has 20 heavy (non-hydrogen) atoms. The quantitative estimate of drug-likeness (QED) is 0.444. The highest BCUT2D eigenvalue weighted by molar-refractivity contribution is 9.11. The van der Waals surface area contributed by atoms with E-state index in [0.717, 1.165) is 31.4 Å². The second-order valence-electron chi connectivity index (χ2n) is 4.38. The summed E-state index contributed by atoms with van der Waals surface area (Å²) in [6.45, 7) is 2.04. The maximum atomic E-state index is 6.17. The Hall–Kier alpha value is -0.0300. The molecule has 0 spiro atoms. The molecule has 0 aliphatic heterocycles. The second-order valence-corrected chi connectivity index (χ2v) is 7.41. The van der Waals surface area contributed by atoms with E-state index in [-0.39, 0.29) is 4.83 Å². The highest BCUT2D eigenvalue weighted by Gasteiger charge is 2.17. The van der Waals surface area contributed by atoms with Crippen LogP contribution in [-0.2, 0) is 0 Å². The Morgan fingerprint density at radius 3 is 2.40 bits per heavy atom. The van der Waals surface area contributed by atoms with Crippen LogP contribution in [0.3, 0.4) is 0 Å². The maximum Gasteiger partial charge on any atom is 0.123 e. The van der Waals surface area contributed by atoms with Crippen molar-refractivity contribution < 1.29 is 4.74 Å². The summed E-state index contributed by atoms with van der Waals surface area (Å²) >= 11 is 16.9. The number of alkyl halides is 1. The van der Waals surface area contributed by atoms with Crippen molar-refractivity contribution in [3.63, 3.8) is 0 Å². The summed E-state index contributed by atoms with van der Waals surface area (Å²) in [7, 11) is 1.68. The lowest BCUT2D eigenvalue weighted by molar-refractivity contribution is 0.410. The highest BCUT2D eigenvalue weighted by atomic mass is 79.9. The number of methoxy groups -OCH3 is 1. The molecule has 0 aromatic heterocycles. The molecule has 0 N–H and O–H groups in total. The van der Waals surface area contributed by atoms with Gasteiger partial charge in [-0.25, -0.2) is 0 Å². The van der Waals surface area contributed by atoms with Crippen molar-refractivity contribution in [1.82, 2.24) is 0 Å². The fourth-order valence-corrected chi connectivity index (χ4v) is 3.33. The summed E-state index contributed by atoms with van der Waals surface area (Å²) < 4.78 is 7.43. The molecule has 1 unspecified atom stereocenters. The van der Waals surface area contributed by atoms with Crippen LogP contribution in [0.1, 0.15) is 21.5 Å². The molecule has 2 aromatic rings. The Morgan fingerprint density at radius 2 is 1.80 bits per heavy atom. The summed E-state index contributed by atoms with van der Waals surface area (Å²) in [4.78, 5) is 0.0138. The van der Waals surface area contributed by atoms with E-state index < -0.39 is 0 Å². The largest absolute Gasteiger partial charge is 0.496 e. The Bertz CT molecular complexity index is 643. The highest BCUT2D eigenvalue weighted by Crippen LogP contribution is 2.40. The monoisotopic (exact) mass is 480 g/mol. The minimum atomic E-state index is 0.0138. The van der Waals surface area contributed by atoms with Gasteiger partial charge in [-0.2, -0.15) is 0 Å². The Kier molecular flexibility index (Phi) is 5.57. The molecular formula is C15H12Br3ClO. The molecule has 0 radical (unpaired) electrons. The number of benzene rings is 2. The van der Waals surface area contributed by atoms with Crippen LogP contribution in [0.4, 0.5) is 0 Å². The van der Waals surface area contributed by atoms with Crippen molar-refractivity contribution in [3.8, 4) is 5.75 Å². The van der Waals surface area contributed by atoms with E-state index in [1.165, 1.54) is 0 Å². The molecule has 0 saturated heterocycles. The molecule has 2 aromatic carbocycles. The third-order valence-electron chi connectivity index (χ3n) is 3.02. The average molecular weight is 483 g/mol. The topological polar surface area (TPSA) is 9.23 Å². The second kappa shape index (κ2) is 6.82. The van der Waals surface area contributed by atoms with E-state index in [4.69, 9.17) is 16.3 Å². The van der Waals surface area contributed by atoms with Gasteiger partial charge in [0.15, 0.2) is 0 Å². The van der Waals surface area contributed by atoms with Crippen LogP contribution >= 0.6 is 59.4 Å². The van der Waals surface area contributed by atoms with Gasteiger partial charge in [-0.15, -0.1) is 0 Å². The van der Waals surface area contributed by atoms with Gasteiger partial charge >= 0.3 is 0 Å². The van der Waals surface area contributed by atoms with Crippen LogP contribution in [0.25, 0.3) is 0 Å². The summed E-state index contributed by atoms with van der Waals surface area (Å²) in [5.74, 6) is 0.853. The zero-order valence-corrected chi connectivity index (χ0v) is 16.4. The molecule has 2 rings (SSSR count). The van der Waals surface area contributed by atoms with Gasteiger partial charge in [0.05, 0.1) is 17.0 Å². The molecule has 0 amide bonds. The van der Waals surface area contributed by atoms with E-state index in [1.54, 1.807) is 7.11 Å². The SMILES string of the molecule is COc1cc(C)c(Br)cc1C(Br)c1ccc(Br)c(Cl)c1. The zero-order chi connectivity index (χ0) is 14.9. The van der Waals surface area contributed by atoms with Gasteiger partial charge in [0.1, 0.15) is 5.75 Å². The van der Waals surface area contributed by atoms with Crippen LogP contribution in [0.2, 0.25) is 5.02 Å². The molecule has 5 heteroatoms. The van der Waals surface area contributed by atoms with Gasteiger partial charge in [-0.3, -0.25) is 0 Å². The number of hydrogen-bond acceptors (Lipinski definition) is 1. The predicted octanol–water partition coefficient (Wildman–Crippen LogP) is 6.67. The third-order valence-corrected chi connectivity index (χ3v) is 6.13. The Labute approximate surface area is 149 Å². The van der Waals surface area contributed by atoms with Gasteiger partial charge < -0.3 is 4.74 Å². The van der Waals surface area contributed by atoms with Crippen molar-refractivity contribution in [1.29, 1.82) is 0 Å². The molecule has 0 aliphatic rings. The van der Waals surface area contributed by atoms with Crippen molar-refractivity contribution >= 4 is 59.4 Å². The first-order chi connectivity index (χ1) is 9.43. The smallest absolute Gasteiger partial charge is 0.123 e. The van der Waals surface area contributed by atoms with Crippen molar-refractivity contribution in [3.05, 3.63) is 61.0 Å². The van der Waals surface area contributed by atoms with E-state index in [9.17, 15) is 0 Å². The van der Waals surface area contributed by atoms with Crippen LogP contribution in [0.15, 0.2) is 39.3 Å². The van der Waals surface area contributed by atoms with Crippen LogP contribution in [0, 0.1) is 6.92 Å². The van der Waals surface area contributed by atoms with Gasteiger partial charge in [-0.05, 0) is 58.2 Å². The molecule has 0 saturated carbocycles. The summed E-state index contributed by atoms with van der Waals surface area (Å²) in [6.07, 6.45) is 0. The molecule has 0 aliphatic carbocycles. The fraction of sp³-hybridized carbons (Fsp3) is 0.200. The normalized spacial score (nSPS) is 12.3. The molecule has 1 atom stereocenters. The Morgan fingerprint density at radius 1 is 1.10 bits per heavy atom. The summed E-state index contributed by atoms with van der Waals surface area (Å²) in [5, 5.41) is 0.692. The summed E-state index contributed by atoms with van der Waals surface area (Å²) in [5.41, 5.74) is 3.27. The minimum Gasteiger partial charge on any atom is -0.496 e. The number of aryl methyl sites for hydroxylation is 1. The lowest BCUT2D eigenvalue weighted by atomic mass is 10.0. The van der Waals surface area contributed by atoms with Crippen LogP contribution in [-0.4, -0.2) is 7.11 Å². The van der Waals surface area contributed by atoms with Gasteiger partial charge in [0.2, 0.25) is 0 Å². The average Bonchev–Trinajstić information content (AvgIpc) is 2.43. The Balaban J connectivity index is 2.49. The lowest BCUT2D eigenvalue weighted by Crippen LogP contribution is -1.98. The first-order valence-electron chi connectivity index (χ1n) is 5.87. The lowest BCUT2D eigenvalue weighted by Gasteiger charge is -2.17. The molecule has 0 fully saturated rings. The first kappa shape index (κ1) is 16.3. The number of ether oxygens (including phenoxy) is 1. The number of halogens is 4. The van der Waals surface area contributed by atoms with E-state index in [1.807, 2.05) is 31.2 Å².